The predicted octanol–water partition coefficient (Wildman–Crippen LogP) is 4.36. The van der Waals surface area contributed by atoms with Crippen molar-refractivity contribution in [1.82, 2.24) is 4.57 Å². The number of nitrogens with zero attached hydrogens (tertiary/aromatic N) is 2. The van der Waals surface area contributed by atoms with Crippen molar-refractivity contribution in [3.05, 3.63) is 88.5 Å². The van der Waals surface area contributed by atoms with Gasteiger partial charge < -0.3 is 19.3 Å². The molecule has 1 aliphatic rings. The zero-order valence-corrected chi connectivity index (χ0v) is 24.4. The number of ether oxygens (including phenoxy) is 3. The van der Waals surface area contributed by atoms with Crippen molar-refractivity contribution in [2.75, 3.05) is 13.2 Å². The van der Waals surface area contributed by atoms with Crippen LogP contribution in [-0.4, -0.2) is 40.9 Å². The molecule has 4 rings (SSSR count). The van der Waals surface area contributed by atoms with Crippen molar-refractivity contribution in [3.8, 4) is 11.5 Å². The highest BCUT2D eigenvalue weighted by atomic mass is 35.5. The Kier molecular flexibility index (Phi) is 9.02. The molecule has 40 heavy (non-hydrogen) atoms. The van der Waals surface area contributed by atoms with E-state index in [4.69, 9.17) is 42.5 Å². The normalized spacial score (nSPS) is 15.1. The second kappa shape index (κ2) is 12.3. The lowest BCUT2D eigenvalue weighted by Crippen LogP contribution is -2.40. The summed E-state index contributed by atoms with van der Waals surface area (Å²) in [5.74, 6) is -1.19. The third-order valence-corrected chi connectivity index (χ3v) is 7.30. The van der Waals surface area contributed by atoms with Gasteiger partial charge in [-0.2, -0.15) is 0 Å². The third kappa shape index (κ3) is 6.09. The van der Waals surface area contributed by atoms with Crippen LogP contribution in [0.25, 0.3) is 6.08 Å². The maximum Gasteiger partial charge on any atom is 0.341 e. The molecule has 0 spiro atoms. The summed E-state index contributed by atoms with van der Waals surface area (Å²) < 4.78 is 18.4. The second-order valence-corrected chi connectivity index (χ2v) is 10.8. The number of para-hydroxylation sites is 1. The van der Waals surface area contributed by atoms with Crippen molar-refractivity contribution >= 4 is 52.6 Å². The minimum Gasteiger partial charge on any atom is -0.491 e. The van der Waals surface area contributed by atoms with Crippen LogP contribution in [0, 0.1) is 0 Å². The predicted molar refractivity (Wildman–Crippen MR) is 152 cm³/mol. The van der Waals surface area contributed by atoms with Gasteiger partial charge in [-0.1, -0.05) is 52.7 Å². The smallest absolute Gasteiger partial charge is 0.341 e. The van der Waals surface area contributed by atoms with E-state index in [2.05, 4.69) is 4.99 Å². The summed E-state index contributed by atoms with van der Waals surface area (Å²) in [6.45, 7) is 6.75. The minimum absolute atomic E-state index is 0.0285. The molecule has 0 radical (unpaired) electrons. The molecule has 1 N–H and O–H groups in total. The zero-order valence-electron chi connectivity index (χ0n) is 22.1. The molecule has 1 aromatic heterocycles. The Morgan fingerprint density at radius 1 is 1.20 bits per heavy atom. The number of carboxylic acid groups (broad SMARTS) is 1. The second-order valence-electron chi connectivity index (χ2n) is 9.00. The molecule has 0 saturated heterocycles. The Labute approximate surface area is 243 Å². The number of fused-ring (bicyclic) bond motifs is 1. The molecule has 0 saturated carbocycles. The van der Waals surface area contributed by atoms with Gasteiger partial charge in [-0.15, -0.1) is 0 Å². The van der Waals surface area contributed by atoms with Crippen molar-refractivity contribution in [1.29, 1.82) is 0 Å². The molecule has 210 valence electrons. The molecule has 1 aliphatic heterocycles. The van der Waals surface area contributed by atoms with Gasteiger partial charge in [-0.05, 0) is 57.5 Å². The lowest BCUT2D eigenvalue weighted by molar-refractivity contribution is -0.140. The number of aromatic nitrogens is 1. The highest BCUT2D eigenvalue weighted by Crippen LogP contribution is 2.37. The Hall–Kier alpha value is -3.60. The summed E-state index contributed by atoms with van der Waals surface area (Å²) in [6.07, 6.45) is 1.45. The third-order valence-electron chi connectivity index (χ3n) is 5.75. The number of rotatable bonds is 9. The summed E-state index contributed by atoms with van der Waals surface area (Å²) in [5, 5.41) is 9.06. The molecule has 3 aromatic rings. The van der Waals surface area contributed by atoms with Crippen molar-refractivity contribution in [2.24, 2.45) is 4.99 Å². The van der Waals surface area contributed by atoms with Crippen LogP contribution in [0.1, 0.15) is 44.9 Å². The molecule has 0 bridgehead atoms. The average molecular weight is 605 g/mol. The van der Waals surface area contributed by atoms with Gasteiger partial charge in [-0.3, -0.25) is 9.36 Å². The maximum atomic E-state index is 13.9. The van der Waals surface area contributed by atoms with E-state index in [0.717, 1.165) is 11.3 Å². The van der Waals surface area contributed by atoms with Crippen LogP contribution in [0.2, 0.25) is 10.0 Å². The first-order valence-corrected chi connectivity index (χ1v) is 13.9. The molecular weight excluding hydrogens is 579 g/mol. The Bertz CT molecular complexity index is 1670. The Morgan fingerprint density at radius 2 is 1.88 bits per heavy atom. The summed E-state index contributed by atoms with van der Waals surface area (Å²) in [4.78, 5) is 42.9. The monoisotopic (exact) mass is 604 g/mol. The van der Waals surface area contributed by atoms with E-state index in [1.165, 1.54) is 16.7 Å². The largest absolute Gasteiger partial charge is 0.491 e. The summed E-state index contributed by atoms with van der Waals surface area (Å²) in [5.41, 5.74) is 1.39. The zero-order chi connectivity index (χ0) is 29.1. The maximum absolute atomic E-state index is 13.9. The topological polar surface area (TPSA) is 116 Å². The summed E-state index contributed by atoms with van der Waals surface area (Å²) in [7, 11) is 0. The minimum atomic E-state index is -1.18. The molecule has 9 nitrogen and oxygen atoms in total. The molecule has 0 amide bonds. The molecule has 2 aromatic carbocycles. The molecule has 0 unspecified atom stereocenters. The first kappa shape index (κ1) is 29.4. The SMILES string of the molecule is CCOC(=O)C1=C(C)N=c2s/c(=C/c3cc(Cl)c(OCC(=O)O)c(Cl)c3)c(=O)n2[C@H]1c1ccccc1OC(C)C. The number of hydrogen-bond donors (Lipinski definition) is 1. The lowest BCUT2D eigenvalue weighted by atomic mass is 9.95. The van der Waals surface area contributed by atoms with E-state index in [1.54, 1.807) is 26.0 Å². The molecule has 12 heteroatoms. The average Bonchev–Trinajstić information content (AvgIpc) is 3.16. The van der Waals surface area contributed by atoms with E-state index in [1.807, 2.05) is 32.0 Å². The number of aliphatic carboxylic acids is 1. The van der Waals surface area contributed by atoms with Crippen LogP contribution in [0.4, 0.5) is 0 Å². The fraction of sp³-hybridized carbons (Fsp3) is 0.286. The van der Waals surface area contributed by atoms with Gasteiger partial charge >= 0.3 is 11.9 Å². The van der Waals surface area contributed by atoms with Crippen molar-refractivity contribution in [3.63, 3.8) is 0 Å². The number of halogens is 2. The fourth-order valence-corrected chi connectivity index (χ4v) is 5.90. The van der Waals surface area contributed by atoms with Crippen LogP contribution < -0.4 is 24.4 Å². The fourth-order valence-electron chi connectivity index (χ4n) is 4.24. The molecule has 1 atom stereocenters. The van der Waals surface area contributed by atoms with Gasteiger partial charge in [0.2, 0.25) is 0 Å². The van der Waals surface area contributed by atoms with Crippen molar-refractivity contribution in [2.45, 2.75) is 39.8 Å². The van der Waals surface area contributed by atoms with Gasteiger partial charge in [0.05, 0.1) is 38.6 Å². The first-order chi connectivity index (χ1) is 19.0. The number of allylic oxidation sites excluding steroid dienone is 1. The van der Waals surface area contributed by atoms with E-state index in [9.17, 15) is 14.4 Å². The van der Waals surface area contributed by atoms with Crippen LogP contribution >= 0.6 is 34.5 Å². The van der Waals surface area contributed by atoms with Crippen LogP contribution in [0.5, 0.6) is 11.5 Å². The lowest BCUT2D eigenvalue weighted by Gasteiger charge is -2.26. The van der Waals surface area contributed by atoms with E-state index in [-0.39, 0.29) is 39.6 Å². The highest BCUT2D eigenvalue weighted by Gasteiger charge is 2.35. The molecular formula is C28H26Cl2N2O7S. The number of hydrogen-bond acceptors (Lipinski definition) is 8. The number of carboxylic acids is 1. The number of carbonyl (C=O) groups is 2. The van der Waals surface area contributed by atoms with Gasteiger partial charge in [0.15, 0.2) is 17.2 Å². The van der Waals surface area contributed by atoms with E-state index < -0.39 is 24.6 Å². The molecule has 0 aliphatic carbocycles. The summed E-state index contributed by atoms with van der Waals surface area (Å²) in [6, 6.07) is 9.43. The van der Waals surface area contributed by atoms with Gasteiger partial charge in [0.1, 0.15) is 11.8 Å². The van der Waals surface area contributed by atoms with Gasteiger partial charge in [-0.25, -0.2) is 14.6 Å². The van der Waals surface area contributed by atoms with E-state index in [0.29, 0.717) is 31.9 Å². The molecule has 0 fully saturated rings. The number of thiazole rings is 1. The summed E-state index contributed by atoms with van der Waals surface area (Å²) >= 11 is 13.7. The van der Waals surface area contributed by atoms with Crippen molar-refractivity contribution < 1.29 is 28.9 Å². The molecule has 2 heterocycles. The highest BCUT2D eigenvalue weighted by molar-refractivity contribution is 7.07. The Balaban J connectivity index is 1.91. The van der Waals surface area contributed by atoms with Gasteiger partial charge in [0, 0.05) is 5.56 Å². The quantitative estimate of drug-likeness (QED) is 0.361. The number of esters is 1. The number of carbonyl (C=O) groups excluding carboxylic acids is 1. The van der Waals surface area contributed by atoms with E-state index >= 15 is 0 Å². The standard InChI is InChI=1S/C28H26Cl2N2O7S/c1-5-37-27(36)23-15(4)31-28-32(24(23)17-8-6-7-9-20(17)39-14(2)3)26(35)21(40-28)12-16-10-18(29)25(19(30)11-16)38-13-22(33)34/h6-12,14,24H,5,13H2,1-4H3,(H,33,34)/b21-12+/t24-/m0/s1. The first-order valence-electron chi connectivity index (χ1n) is 12.3. The van der Waals surface area contributed by atoms with Gasteiger partial charge in [0.25, 0.3) is 5.56 Å². The van der Waals surface area contributed by atoms with Crippen LogP contribution in [-0.2, 0) is 14.3 Å². The Morgan fingerprint density at radius 3 is 2.50 bits per heavy atom. The number of benzene rings is 2. The van der Waals surface area contributed by atoms with Crippen LogP contribution in [0.3, 0.4) is 0 Å². The van der Waals surface area contributed by atoms with Crippen LogP contribution in [0.15, 0.2) is 57.5 Å².